The van der Waals surface area contributed by atoms with Gasteiger partial charge < -0.3 is 10.2 Å². The highest BCUT2D eigenvalue weighted by Gasteiger charge is 2.46. The zero-order valence-electron chi connectivity index (χ0n) is 18.1. The summed E-state index contributed by atoms with van der Waals surface area (Å²) in [6.07, 6.45) is -9.91. The van der Waals surface area contributed by atoms with E-state index < -0.39 is 29.0 Å². The van der Waals surface area contributed by atoms with E-state index in [0.717, 1.165) is 0 Å². The van der Waals surface area contributed by atoms with Gasteiger partial charge in [-0.15, -0.1) is 0 Å². The SMILES string of the molecule is CCC1=C(c2ccc(O)cc2)N=NC1(c1ccc(O)cc1)c1cc(C(F)(F)F)cc(C(F)(F)F)c1. The Morgan fingerprint density at radius 3 is 1.66 bits per heavy atom. The van der Waals surface area contributed by atoms with Gasteiger partial charge in [-0.1, -0.05) is 19.1 Å². The number of phenolic OH excluding ortho intramolecular Hbond substituents is 2. The lowest BCUT2D eigenvalue weighted by molar-refractivity contribution is -0.143. The maximum Gasteiger partial charge on any atom is 0.416 e. The van der Waals surface area contributed by atoms with Gasteiger partial charge in [0.1, 0.15) is 11.5 Å². The van der Waals surface area contributed by atoms with E-state index in [9.17, 15) is 36.6 Å². The molecule has 1 unspecified atom stereocenters. The van der Waals surface area contributed by atoms with Crippen molar-refractivity contribution < 1.29 is 36.6 Å². The van der Waals surface area contributed by atoms with Gasteiger partial charge >= 0.3 is 12.4 Å². The van der Waals surface area contributed by atoms with E-state index in [-0.39, 0.29) is 40.8 Å². The Labute approximate surface area is 195 Å². The van der Waals surface area contributed by atoms with Crippen molar-refractivity contribution in [2.75, 3.05) is 0 Å². The Morgan fingerprint density at radius 2 is 1.20 bits per heavy atom. The quantitative estimate of drug-likeness (QED) is 0.367. The maximum absolute atomic E-state index is 13.7. The van der Waals surface area contributed by atoms with Crippen molar-refractivity contribution in [3.05, 3.63) is 100 Å². The highest BCUT2D eigenvalue weighted by molar-refractivity contribution is 5.74. The van der Waals surface area contributed by atoms with Crippen LogP contribution in [0, 0.1) is 0 Å². The van der Waals surface area contributed by atoms with E-state index in [1.54, 1.807) is 6.92 Å². The number of nitrogens with zero attached hydrogens (tertiary/aromatic N) is 2. The molecule has 0 saturated carbocycles. The fourth-order valence-electron chi connectivity index (χ4n) is 4.19. The highest BCUT2D eigenvalue weighted by atomic mass is 19.4. The summed E-state index contributed by atoms with van der Waals surface area (Å²) in [5.74, 6) is -0.167. The minimum absolute atomic E-state index is 0.0279. The van der Waals surface area contributed by atoms with Crippen LogP contribution in [0.2, 0.25) is 0 Å². The molecule has 0 bridgehead atoms. The first-order valence-corrected chi connectivity index (χ1v) is 10.4. The number of benzene rings is 3. The first-order valence-electron chi connectivity index (χ1n) is 10.4. The van der Waals surface area contributed by atoms with Crippen molar-refractivity contribution in [3.63, 3.8) is 0 Å². The number of hydrogen-bond donors (Lipinski definition) is 2. The van der Waals surface area contributed by atoms with E-state index in [4.69, 9.17) is 0 Å². The van der Waals surface area contributed by atoms with Crippen LogP contribution in [0.15, 0.2) is 82.5 Å². The van der Waals surface area contributed by atoms with Gasteiger partial charge in [-0.2, -0.15) is 36.6 Å². The molecule has 0 aliphatic carbocycles. The summed E-state index contributed by atoms with van der Waals surface area (Å²) in [6, 6.07) is 12.5. The highest BCUT2D eigenvalue weighted by Crippen LogP contribution is 2.52. The van der Waals surface area contributed by atoms with Crippen LogP contribution >= 0.6 is 0 Å². The Bertz CT molecular complexity index is 1280. The number of phenols is 2. The second kappa shape index (κ2) is 8.44. The standard InChI is InChI=1S/C25H18F6N2O2/c1-2-21-22(14-3-7-19(34)8-4-14)32-33-23(21,15-5-9-20(35)10-6-15)16-11-17(24(26,27)28)13-18(12-16)25(29,30)31/h3-13,34-35H,2H2,1H3. The summed E-state index contributed by atoms with van der Waals surface area (Å²) in [5, 5.41) is 27.8. The molecular weight excluding hydrogens is 474 g/mol. The molecule has 3 aromatic carbocycles. The number of alkyl halides is 6. The van der Waals surface area contributed by atoms with Gasteiger partial charge in [0, 0.05) is 5.56 Å². The number of rotatable bonds is 4. The molecule has 35 heavy (non-hydrogen) atoms. The third-order valence-corrected chi connectivity index (χ3v) is 5.81. The molecule has 2 N–H and O–H groups in total. The lowest BCUT2D eigenvalue weighted by Gasteiger charge is -2.31. The first kappa shape index (κ1) is 24.3. The van der Waals surface area contributed by atoms with E-state index >= 15 is 0 Å². The molecule has 1 aliphatic heterocycles. The number of halogens is 6. The second-order valence-corrected chi connectivity index (χ2v) is 7.98. The van der Waals surface area contributed by atoms with Gasteiger partial charge in [-0.3, -0.25) is 0 Å². The van der Waals surface area contributed by atoms with E-state index in [2.05, 4.69) is 10.2 Å². The molecule has 182 valence electrons. The lowest BCUT2D eigenvalue weighted by Crippen LogP contribution is -2.28. The van der Waals surface area contributed by atoms with Gasteiger partial charge in [0.05, 0.1) is 16.8 Å². The molecule has 0 spiro atoms. The van der Waals surface area contributed by atoms with E-state index in [1.165, 1.54) is 48.5 Å². The predicted molar refractivity (Wildman–Crippen MR) is 116 cm³/mol. The Hall–Kier alpha value is -3.82. The number of aromatic hydroxyl groups is 2. The topological polar surface area (TPSA) is 65.2 Å². The zero-order valence-corrected chi connectivity index (χ0v) is 18.1. The van der Waals surface area contributed by atoms with Crippen LogP contribution in [0.1, 0.15) is 41.2 Å². The second-order valence-electron chi connectivity index (χ2n) is 7.98. The van der Waals surface area contributed by atoms with Gasteiger partial charge in [0.2, 0.25) is 0 Å². The van der Waals surface area contributed by atoms with Crippen LogP contribution in [0.3, 0.4) is 0 Å². The molecule has 0 fully saturated rings. The van der Waals surface area contributed by atoms with Crippen molar-refractivity contribution in [1.82, 2.24) is 0 Å². The molecule has 1 heterocycles. The predicted octanol–water partition coefficient (Wildman–Crippen LogP) is 7.67. The molecule has 4 nitrogen and oxygen atoms in total. The summed E-state index contributed by atoms with van der Waals surface area (Å²) in [5.41, 5.74) is -3.76. The van der Waals surface area contributed by atoms with Crippen molar-refractivity contribution in [1.29, 1.82) is 0 Å². The van der Waals surface area contributed by atoms with Gasteiger partial charge in [-0.05, 0) is 77.7 Å². The van der Waals surface area contributed by atoms with Crippen molar-refractivity contribution in [3.8, 4) is 11.5 Å². The first-order chi connectivity index (χ1) is 16.4. The third kappa shape index (κ3) is 4.36. The van der Waals surface area contributed by atoms with Gasteiger partial charge in [0.25, 0.3) is 0 Å². The van der Waals surface area contributed by atoms with Crippen LogP contribution in [-0.4, -0.2) is 10.2 Å². The normalized spacial score (nSPS) is 18.4. The molecule has 3 aromatic rings. The van der Waals surface area contributed by atoms with Crippen molar-refractivity contribution >= 4 is 5.70 Å². The molecule has 0 radical (unpaired) electrons. The summed E-state index contributed by atoms with van der Waals surface area (Å²) in [4.78, 5) is 0. The molecule has 0 saturated heterocycles. The minimum atomic E-state index is -5.04. The van der Waals surface area contributed by atoms with Crippen molar-refractivity contribution in [2.45, 2.75) is 31.2 Å². The fraction of sp³-hybridized carbons (Fsp3) is 0.200. The minimum Gasteiger partial charge on any atom is -0.508 e. The Balaban J connectivity index is 2.08. The number of azo groups is 1. The third-order valence-electron chi connectivity index (χ3n) is 5.81. The van der Waals surface area contributed by atoms with Gasteiger partial charge in [0.15, 0.2) is 5.54 Å². The smallest absolute Gasteiger partial charge is 0.416 e. The number of hydrogen-bond acceptors (Lipinski definition) is 4. The average Bonchev–Trinajstić information content (AvgIpc) is 3.19. The zero-order chi connectivity index (χ0) is 25.6. The summed E-state index contributed by atoms with van der Waals surface area (Å²) in [6.45, 7) is 1.69. The van der Waals surface area contributed by atoms with Crippen molar-refractivity contribution in [2.24, 2.45) is 10.2 Å². The van der Waals surface area contributed by atoms with E-state index in [0.29, 0.717) is 23.3 Å². The summed E-state index contributed by atoms with van der Waals surface area (Å²) < 4.78 is 82.0. The van der Waals surface area contributed by atoms with Crippen LogP contribution in [0.25, 0.3) is 5.70 Å². The van der Waals surface area contributed by atoms with Crippen LogP contribution in [-0.2, 0) is 17.9 Å². The molecular formula is C25H18F6N2O2. The van der Waals surface area contributed by atoms with E-state index in [1.807, 2.05) is 0 Å². The Kier molecular flexibility index (Phi) is 5.86. The maximum atomic E-state index is 13.7. The molecule has 1 aliphatic rings. The van der Waals surface area contributed by atoms with Crippen LogP contribution in [0.4, 0.5) is 26.3 Å². The summed E-state index contributed by atoms with van der Waals surface area (Å²) in [7, 11) is 0. The van der Waals surface area contributed by atoms with Crippen LogP contribution in [0.5, 0.6) is 11.5 Å². The lowest BCUT2D eigenvalue weighted by atomic mass is 9.74. The monoisotopic (exact) mass is 492 g/mol. The average molecular weight is 492 g/mol. The molecule has 4 rings (SSSR count). The molecule has 1 atom stereocenters. The summed E-state index contributed by atoms with van der Waals surface area (Å²) >= 11 is 0. The fourth-order valence-corrected chi connectivity index (χ4v) is 4.19. The molecule has 10 heteroatoms. The Morgan fingerprint density at radius 1 is 0.714 bits per heavy atom. The van der Waals surface area contributed by atoms with Crippen LogP contribution < -0.4 is 0 Å². The largest absolute Gasteiger partial charge is 0.508 e. The molecule has 0 aromatic heterocycles. The molecule has 0 amide bonds. The van der Waals surface area contributed by atoms with Gasteiger partial charge in [-0.25, -0.2) is 0 Å².